The molecule has 66 heavy (non-hydrogen) atoms. The number of aliphatic hydroxyl groups is 1. The minimum Gasteiger partial charge on any atom is -0.508 e. The number of aliphatic hydroxyl groups excluding tert-OH is 1. The minimum absolute atomic E-state index is 0.0305. The number of nitrogens with two attached hydrogens (primary N) is 3. The lowest BCUT2D eigenvalue weighted by molar-refractivity contribution is -0.149. The number of amides is 9. The van der Waals surface area contributed by atoms with Gasteiger partial charge in [0.2, 0.25) is 53.2 Å². The molecule has 0 spiro atoms. The van der Waals surface area contributed by atoms with E-state index in [1.54, 1.807) is 13.8 Å². The zero-order valence-corrected chi connectivity index (χ0v) is 38.5. The summed E-state index contributed by atoms with van der Waals surface area (Å²) in [6, 6.07) is -5.34. The van der Waals surface area contributed by atoms with Crippen LogP contribution in [0.3, 0.4) is 0 Å². The number of carboxylic acids is 1. The summed E-state index contributed by atoms with van der Waals surface area (Å²) in [6.45, 7) is 6.36. The Morgan fingerprint density at radius 1 is 0.667 bits per heavy atom. The van der Waals surface area contributed by atoms with Gasteiger partial charge < -0.3 is 69.3 Å². The summed E-state index contributed by atoms with van der Waals surface area (Å²) >= 11 is 4.14. The van der Waals surface area contributed by atoms with Gasteiger partial charge in [0.05, 0.1) is 12.6 Å². The predicted octanol–water partition coefficient (Wildman–Crippen LogP) is -3.21. The SMILES string of the molecule is CC(C)C[C@H](NC(=O)[C@H](CCC(N)=O)NC(=O)[C@H](CS)NC(=O)[C@H](CO)NC(=O)[C@@H](N)CC(C)C)C(=O)N[C@@H](Cc1ccc(O)cc1)C(=O)N[C@@H](CCC(N)=O)C(=O)N1CCC[C@H]1C(=O)O. The number of nitrogens with zero attached hydrogens (tertiary/aromatic N) is 1. The quantitative estimate of drug-likeness (QED) is 0.0368. The minimum atomic E-state index is -1.54. The van der Waals surface area contributed by atoms with Crippen molar-refractivity contribution >= 4 is 71.8 Å². The number of benzene rings is 1. The monoisotopic (exact) mass is 950 g/mol. The van der Waals surface area contributed by atoms with Crippen LogP contribution in [-0.4, -0.2) is 147 Å². The molecule has 0 saturated carbocycles. The van der Waals surface area contributed by atoms with Crippen LogP contribution in [0.4, 0.5) is 0 Å². The number of carboxylic acid groups (broad SMARTS) is 1. The van der Waals surface area contributed by atoms with E-state index in [1.165, 1.54) is 24.3 Å². The Bertz CT molecular complexity index is 1890. The van der Waals surface area contributed by atoms with Crippen LogP contribution in [0.1, 0.15) is 84.6 Å². The van der Waals surface area contributed by atoms with Crippen LogP contribution in [0.15, 0.2) is 24.3 Å². The Kier molecular flexibility index (Phi) is 23.4. The number of nitrogens with one attached hydrogen (secondary N) is 6. The molecule has 1 saturated heterocycles. The molecule has 368 valence electrons. The van der Waals surface area contributed by atoms with E-state index < -0.39 is 120 Å². The number of phenolic OH excluding ortho intramolecular Hbond substituents is 1. The Morgan fingerprint density at radius 3 is 1.65 bits per heavy atom. The fourth-order valence-corrected chi connectivity index (χ4v) is 7.27. The van der Waals surface area contributed by atoms with E-state index in [-0.39, 0.29) is 74.8 Å². The zero-order chi connectivity index (χ0) is 49.8. The highest BCUT2D eigenvalue weighted by atomic mass is 32.1. The highest BCUT2D eigenvalue weighted by Gasteiger charge is 2.39. The van der Waals surface area contributed by atoms with E-state index in [0.29, 0.717) is 12.0 Å². The summed E-state index contributed by atoms with van der Waals surface area (Å²) < 4.78 is 0. The topological polar surface area (TPSA) is 385 Å². The van der Waals surface area contributed by atoms with E-state index in [1.807, 2.05) is 13.8 Å². The largest absolute Gasteiger partial charge is 0.508 e. The first kappa shape index (κ1) is 56.1. The van der Waals surface area contributed by atoms with Crippen LogP contribution in [0.2, 0.25) is 0 Å². The first-order chi connectivity index (χ1) is 31.0. The predicted molar refractivity (Wildman–Crippen MR) is 240 cm³/mol. The maximum atomic E-state index is 14.2. The van der Waals surface area contributed by atoms with Crippen molar-refractivity contribution in [1.82, 2.24) is 36.8 Å². The summed E-state index contributed by atoms with van der Waals surface area (Å²) in [7, 11) is 0. The number of carbonyl (C=O) groups is 10. The molecule has 1 aromatic carbocycles. The molecule has 0 aromatic heterocycles. The van der Waals surface area contributed by atoms with Crippen LogP contribution < -0.4 is 49.1 Å². The van der Waals surface area contributed by atoms with Crippen molar-refractivity contribution in [3.05, 3.63) is 29.8 Å². The van der Waals surface area contributed by atoms with Crippen LogP contribution in [-0.2, 0) is 54.4 Å². The van der Waals surface area contributed by atoms with Crippen molar-refractivity contribution in [3.8, 4) is 5.75 Å². The van der Waals surface area contributed by atoms with Gasteiger partial charge in [-0.15, -0.1) is 0 Å². The lowest BCUT2D eigenvalue weighted by Crippen LogP contribution is -2.61. The Balaban J connectivity index is 2.40. The van der Waals surface area contributed by atoms with Gasteiger partial charge in [-0.2, -0.15) is 12.6 Å². The molecule has 15 N–H and O–H groups in total. The highest BCUT2D eigenvalue weighted by molar-refractivity contribution is 7.80. The number of aromatic hydroxyl groups is 1. The van der Waals surface area contributed by atoms with Gasteiger partial charge in [0.25, 0.3) is 0 Å². The molecule has 24 heteroatoms. The van der Waals surface area contributed by atoms with Crippen molar-refractivity contribution in [2.24, 2.45) is 29.0 Å². The smallest absolute Gasteiger partial charge is 0.326 e. The second kappa shape index (κ2) is 27.5. The van der Waals surface area contributed by atoms with Crippen LogP contribution in [0.5, 0.6) is 5.75 Å². The average Bonchev–Trinajstić information content (AvgIpc) is 3.74. The van der Waals surface area contributed by atoms with E-state index >= 15 is 0 Å². The van der Waals surface area contributed by atoms with Crippen molar-refractivity contribution in [3.63, 3.8) is 0 Å². The second-order valence-corrected chi connectivity index (χ2v) is 17.4. The van der Waals surface area contributed by atoms with Crippen molar-refractivity contribution in [2.45, 2.75) is 134 Å². The van der Waals surface area contributed by atoms with Gasteiger partial charge in [0, 0.05) is 31.6 Å². The molecule has 1 fully saturated rings. The molecule has 1 aliphatic heterocycles. The third-order valence-corrected chi connectivity index (χ3v) is 10.8. The van der Waals surface area contributed by atoms with E-state index in [9.17, 15) is 63.3 Å². The van der Waals surface area contributed by atoms with Crippen molar-refractivity contribution in [1.29, 1.82) is 0 Å². The Morgan fingerprint density at radius 2 is 1.12 bits per heavy atom. The maximum Gasteiger partial charge on any atom is 0.326 e. The number of carbonyl (C=O) groups excluding carboxylic acids is 9. The molecule has 0 aliphatic carbocycles. The number of hydrogen-bond donors (Lipinski definition) is 13. The summed E-state index contributed by atoms with van der Waals surface area (Å²) in [5.74, 6) is -9.77. The Labute approximate surface area is 388 Å². The van der Waals surface area contributed by atoms with Crippen molar-refractivity contribution in [2.75, 3.05) is 18.9 Å². The summed E-state index contributed by atoms with van der Waals surface area (Å²) in [5.41, 5.74) is 17.0. The van der Waals surface area contributed by atoms with Crippen LogP contribution in [0, 0.1) is 11.8 Å². The highest BCUT2D eigenvalue weighted by Crippen LogP contribution is 2.20. The first-order valence-corrected chi connectivity index (χ1v) is 22.3. The molecule has 9 amide bonds. The van der Waals surface area contributed by atoms with Gasteiger partial charge in [0.15, 0.2) is 0 Å². The molecule has 1 aliphatic rings. The third-order valence-electron chi connectivity index (χ3n) is 10.5. The lowest BCUT2D eigenvalue weighted by atomic mass is 9.99. The standard InChI is InChI=1S/C42H66N10O13S/c1-21(2)16-25(43)35(57)50-30(19-53)39(61)51-31(20-66)40(62)46-26(11-13-33(44)55)36(58)48-28(17-22(3)4)37(59)49-29(18-23-7-9-24(54)10-8-23)38(60)47-27(12-14-34(45)56)41(63)52-15-5-6-32(52)42(64)65/h7-10,21-22,25-32,53-54,66H,5-6,11-20,43H2,1-4H3,(H2,44,55)(H2,45,56)(H,46,62)(H,47,60)(H,48,58)(H,49,59)(H,50,57)(H,51,61)(H,64,65)/t25-,26-,27-,28-,29-,30-,31-,32-/m0/s1. The molecule has 2 rings (SSSR count). The summed E-state index contributed by atoms with van der Waals surface area (Å²) in [6.07, 6.45) is -0.860. The van der Waals surface area contributed by atoms with E-state index in [2.05, 4.69) is 44.5 Å². The van der Waals surface area contributed by atoms with Gasteiger partial charge in [0.1, 0.15) is 48.0 Å². The van der Waals surface area contributed by atoms with Gasteiger partial charge >= 0.3 is 5.97 Å². The van der Waals surface area contributed by atoms with Gasteiger partial charge in [-0.3, -0.25) is 43.2 Å². The number of likely N-dealkylation sites (tertiary alicyclic amines) is 1. The number of rotatable bonds is 28. The molecule has 8 atom stereocenters. The van der Waals surface area contributed by atoms with Crippen molar-refractivity contribution < 1.29 is 63.3 Å². The van der Waals surface area contributed by atoms with Gasteiger partial charge in [-0.1, -0.05) is 39.8 Å². The van der Waals surface area contributed by atoms with E-state index in [0.717, 1.165) is 4.90 Å². The first-order valence-electron chi connectivity index (χ1n) is 21.6. The number of primary amides is 2. The third kappa shape index (κ3) is 18.8. The lowest BCUT2D eigenvalue weighted by Gasteiger charge is -2.30. The van der Waals surface area contributed by atoms with Gasteiger partial charge in [-0.05, 0) is 68.1 Å². The average molecular weight is 951 g/mol. The number of aliphatic carboxylic acids is 1. The molecule has 23 nitrogen and oxygen atoms in total. The van der Waals surface area contributed by atoms with Crippen LogP contribution in [0.25, 0.3) is 0 Å². The fraction of sp³-hybridized carbons (Fsp3) is 0.619. The number of phenols is 1. The molecule has 0 radical (unpaired) electrons. The number of thiol groups is 1. The van der Waals surface area contributed by atoms with Gasteiger partial charge in [-0.25, -0.2) is 4.79 Å². The van der Waals surface area contributed by atoms with Crippen LogP contribution >= 0.6 is 12.6 Å². The summed E-state index contributed by atoms with van der Waals surface area (Å²) in [4.78, 5) is 132. The second-order valence-electron chi connectivity index (χ2n) is 17.0. The molecule has 1 heterocycles. The Hall–Kier alpha value is -6.01. The van der Waals surface area contributed by atoms with E-state index in [4.69, 9.17) is 17.2 Å². The molecule has 1 aromatic rings. The number of hydrogen-bond acceptors (Lipinski definition) is 14. The fourth-order valence-electron chi connectivity index (χ4n) is 7.01. The molecular formula is C42H66N10O13S. The normalized spacial score (nSPS) is 16.7. The maximum absolute atomic E-state index is 14.2. The molecular weight excluding hydrogens is 885 g/mol. The summed E-state index contributed by atoms with van der Waals surface area (Å²) in [5, 5.41) is 44.3. The molecule has 0 unspecified atom stereocenters. The molecule has 0 bridgehead atoms. The zero-order valence-electron chi connectivity index (χ0n) is 37.6.